The van der Waals surface area contributed by atoms with Gasteiger partial charge in [0.15, 0.2) is 0 Å². The largest absolute Gasteiger partial charge is 0.384 e. The minimum absolute atomic E-state index is 0.127. The van der Waals surface area contributed by atoms with Crippen LogP contribution in [0.2, 0.25) is 0 Å². The highest BCUT2D eigenvalue weighted by atomic mass is 32.1. The zero-order valence-corrected chi connectivity index (χ0v) is 8.66. The summed E-state index contributed by atoms with van der Waals surface area (Å²) in [5.41, 5.74) is 1.77. The number of hydrogen-bond acceptors (Lipinski definition) is 4. The molecule has 0 spiro atoms. The molecule has 2 heterocycles. The number of thiophene rings is 1. The molecule has 15 heavy (non-hydrogen) atoms. The topological polar surface area (TPSA) is 46.0 Å². The number of rotatable bonds is 1. The van der Waals surface area contributed by atoms with E-state index in [2.05, 4.69) is 21.8 Å². The molecule has 4 heteroatoms. The summed E-state index contributed by atoms with van der Waals surface area (Å²) in [6.45, 7) is -0.127. The molecule has 0 aliphatic rings. The highest BCUT2D eigenvalue weighted by Crippen LogP contribution is 2.24. The molecular weight excluding hydrogens is 208 g/mol. The molecule has 0 fully saturated rings. The van der Waals surface area contributed by atoms with Crippen LogP contribution < -0.4 is 0 Å². The summed E-state index contributed by atoms with van der Waals surface area (Å²) >= 11 is 1.53. The van der Waals surface area contributed by atoms with E-state index in [1.165, 1.54) is 11.3 Å². The first-order valence-electron chi connectivity index (χ1n) is 4.35. The van der Waals surface area contributed by atoms with Crippen LogP contribution in [0.3, 0.4) is 0 Å². The highest BCUT2D eigenvalue weighted by Gasteiger charge is 2.05. The van der Waals surface area contributed by atoms with Crippen LogP contribution in [0.15, 0.2) is 30.0 Å². The Bertz CT molecular complexity index is 496. The van der Waals surface area contributed by atoms with Gasteiger partial charge in [0.1, 0.15) is 6.61 Å². The summed E-state index contributed by atoms with van der Waals surface area (Å²) in [5, 5.41) is 10.6. The first-order valence-corrected chi connectivity index (χ1v) is 5.23. The van der Waals surface area contributed by atoms with Crippen LogP contribution in [0.5, 0.6) is 0 Å². The van der Waals surface area contributed by atoms with Crippen molar-refractivity contribution in [3.8, 4) is 23.1 Å². The number of aliphatic hydroxyl groups is 1. The Morgan fingerprint density at radius 1 is 1.40 bits per heavy atom. The molecular formula is C11H8N2OS. The maximum Gasteiger partial charge on any atom is 0.104 e. The van der Waals surface area contributed by atoms with E-state index < -0.39 is 0 Å². The second kappa shape index (κ2) is 4.69. The summed E-state index contributed by atoms with van der Waals surface area (Å²) in [5.74, 6) is 5.52. The van der Waals surface area contributed by atoms with Gasteiger partial charge in [-0.05, 0) is 11.4 Å². The Morgan fingerprint density at radius 2 is 2.33 bits per heavy atom. The lowest BCUT2D eigenvalue weighted by Gasteiger charge is -1.95. The summed E-state index contributed by atoms with van der Waals surface area (Å²) in [6.07, 6.45) is 4.98. The Balaban J connectivity index is 2.42. The van der Waals surface area contributed by atoms with Gasteiger partial charge in [0.05, 0.1) is 16.8 Å². The number of aliphatic hydroxyl groups excluding tert-OH is 1. The van der Waals surface area contributed by atoms with E-state index in [0.717, 1.165) is 16.1 Å². The van der Waals surface area contributed by atoms with Gasteiger partial charge in [-0.3, -0.25) is 9.97 Å². The predicted octanol–water partition coefficient (Wildman–Crippen LogP) is 1.55. The summed E-state index contributed by atoms with van der Waals surface area (Å²) in [6, 6.07) is 1.95. The Labute approximate surface area is 91.5 Å². The van der Waals surface area contributed by atoms with Crippen molar-refractivity contribution in [1.29, 1.82) is 0 Å². The van der Waals surface area contributed by atoms with Crippen molar-refractivity contribution in [2.45, 2.75) is 0 Å². The lowest BCUT2D eigenvalue weighted by Crippen LogP contribution is -1.84. The van der Waals surface area contributed by atoms with E-state index in [1.54, 1.807) is 18.6 Å². The van der Waals surface area contributed by atoms with Crippen LogP contribution in [0, 0.1) is 11.8 Å². The van der Waals surface area contributed by atoms with Crippen LogP contribution in [0.1, 0.15) is 4.88 Å². The first-order chi connectivity index (χ1) is 7.42. The van der Waals surface area contributed by atoms with E-state index in [1.807, 2.05) is 11.4 Å². The van der Waals surface area contributed by atoms with Gasteiger partial charge >= 0.3 is 0 Å². The van der Waals surface area contributed by atoms with Gasteiger partial charge in [0, 0.05) is 18.0 Å². The van der Waals surface area contributed by atoms with Gasteiger partial charge in [-0.15, -0.1) is 11.3 Å². The van der Waals surface area contributed by atoms with Gasteiger partial charge in [-0.25, -0.2) is 0 Å². The minimum atomic E-state index is -0.127. The van der Waals surface area contributed by atoms with Crippen molar-refractivity contribution in [1.82, 2.24) is 9.97 Å². The van der Waals surface area contributed by atoms with Crippen molar-refractivity contribution >= 4 is 11.3 Å². The maximum atomic E-state index is 8.63. The van der Waals surface area contributed by atoms with Crippen molar-refractivity contribution in [2.24, 2.45) is 0 Å². The third-order valence-electron chi connectivity index (χ3n) is 1.79. The smallest absolute Gasteiger partial charge is 0.104 e. The molecule has 2 aromatic heterocycles. The quantitative estimate of drug-likeness (QED) is 0.736. The second-order valence-electron chi connectivity index (χ2n) is 2.71. The van der Waals surface area contributed by atoms with E-state index >= 15 is 0 Å². The third kappa shape index (κ3) is 2.21. The minimum Gasteiger partial charge on any atom is -0.384 e. The van der Waals surface area contributed by atoms with E-state index in [0.29, 0.717) is 0 Å². The average molecular weight is 216 g/mol. The summed E-state index contributed by atoms with van der Waals surface area (Å²) in [4.78, 5) is 9.12. The molecule has 3 nitrogen and oxygen atoms in total. The van der Waals surface area contributed by atoms with E-state index in [-0.39, 0.29) is 6.61 Å². The molecule has 0 unspecified atom stereocenters. The first kappa shape index (κ1) is 9.84. The molecule has 2 rings (SSSR count). The molecule has 0 saturated carbocycles. The monoisotopic (exact) mass is 216 g/mol. The molecule has 0 saturated heterocycles. The van der Waals surface area contributed by atoms with Crippen LogP contribution >= 0.6 is 11.3 Å². The van der Waals surface area contributed by atoms with Crippen LogP contribution in [-0.4, -0.2) is 21.7 Å². The van der Waals surface area contributed by atoms with Crippen molar-refractivity contribution in [3.63, 3.8) is 0 Å². The van der Waals surface area contributed by atoms with Gasteiger partial charge < -0.3 is 5.11 Å². The molecule has 0 radical (unpaired) electrons. The standard InChI is InChI=1S/C11H8N2OS/c14-6-1-2-11-9(3-7-15-11)10-8-12-4-5-13-10/h3-5,7-8,14H,6H2. The van der Waals surface area contributed by atoms with Crippen LogP contribution in [0.25, 0.3) is 11.3 Å². The molecule has 0 amide bonds. The van der Waals surface area contributed by atoms with Crippen molar-refractivity contribution in [3.05, 3.63) is 34.9 Å². The number of nitrogens with zero attached hydrogens (tertiary/aromatic N) is 2. The SMILES string of the molecule is OCC#Cc1sccc1-c1cnccn1. The predicted molar refractivity (Wildman–Crippen MR) is 59.3 cm³/mol. The lowest BCUT2D eigenvalue weighted by atomic mass is 10.2. The Hall–Kier alpha value is -1.70. The fourth-order valence-corrected chi connectivity index (χ4v) is 1.94. The van der Waals surface area contributed by atoms with Gasteiger partial charge in [0.2, 0.25) is 0 Å². The summed E-state index contributed by atoms with van der Waals surface area (Å²) < 4.78 is 0. The van der Waals surface area contributed by atoms with Gasteiger partial charge in [0.25, 0.3) is 0 Å². The Morgan fingerprint density at radius 3 is 3.07 bits per heavy atom. The molecule has 0 aliphatic carbocycles. The van der Waals surface area contributed by atoms with Crippen molar-refractivity contribution < 1.29 is 5.11 Å². The van der Waals surface area contributed by atoms with Crippen molar-refractivity contribution in [2.75, 3.05) is 6.61 Å². The normalized spacial score (nSPS) is 9.40. The zero-order valence-electron chi connectivity index (χ0n) is 7.84. The maximum absolute atomic E-state index is 8.63. The van der Waals surface area contributed by atoms with Gasteiger partial charge in [-0.2, -0.15) is 0 Å². The fourth-order valence-electron chi connectivity index (χ4n) is 1.17. The van der Waals surface area contributed by atoms with E-state index in [9.17, 15) is 0 Å². The Kier molecular flexibility index (Phi) is 3.08. The third-order valence-corrected chi connectivity index (χ3v) is 2.62. The zero-order chi connectivity index (χ0) is 10.5. The molecule has 1 N–H and O–H groups in total. The molecule has 0 aromatic carbocycles. The second-order valence-corrected chi connectivity index (χ2v) is 3.63. The molecule has 0 bridgehead atoms. The number of aromatic nitrogens is 2. The molecule has 74 valence electrons. The van der Waals surface area contributed by atoms with Crippen LogP contribution in [0.4, 0.5) is 0 Å². The van der Waals surface area contributed by atoms with Crippen LogP contribution in [-0.2, 0) is 0 Å². The number of hydrogen-bond donors (Lipinski definition) is 1. The summed E-state index contributed by atoms with van der Waals surface area (Å²) in [7, 11) is 0. The molecule has 2 aromatic rings. The average Bonchev–Trinajstić information content (AvgIpc) is 2.75. The van der Waals surface area contributed by atoms with Gasteiger partial charge in [-0.1, -0.05) is 11.8 Å². The lowest BCUT2D eigenvalue weighted by molar-refractivity contribution is 0.350. The van der Waals surface area contributed by atoms with E-state index in [4.69, 9.17) is 5.11 Å². The molecule has 0 atom stereocenters. The highest BCUT2D eigenvalue weighted by molar-refractivity contribution is 7.11. The molecule has 0 aliphatic heterocycles. The fraction of sp³-hybridized carbons (Fsp3) is 0.0909.